The molecule has 5 heteroatoms. The number of urea groups is 1. The number of carbonyl (C=O) groups is 2. The molecule has 1 aliphatic rings. The van der Waals surface area contributed by atoms with Crippen molar-refractivity contribution < 1.29 is 9.59 Å². The molecular formula is C8H15N3O2. The van der Waals surface area contributed by atoms with E-state index >= 15 is 0 Å². The lowest BCUT2D eigenvalue weighted by Gasteiger charge is -2.36. The summed E-state index contributed by atoms with van der Waals surface area (Å²) in [6, 6.07) is -0.425. The van der Waals surface area contributed by atoms with Crippen LogP contribution in [0.15, 0.2) is 0 Å². The lowest BCUT2D eigenvalue weighted by atomic mass is 9.80. The Hall–Kier alpha value is -1.26. The van der Waals surface area contributed by atoms with Crippen molar-refractivity contribution in [2.75, 3.05) is 13.1 Å². The first-order valence-electron chi connectivity index (χ1n) is 4.30. The predicted molar refractivity (Wildman–Crippen MR) is 47.7 cm³/mol. The van der Waals surface area contributed by atoms with Gasteiger partial charge >= 0.3 is 6.03 Å². The molecule has 1 heterocycles. The van der Waals surface area contributed by atoms with Crippen LogP contribution in [0, 0.1) is 5.41 Å². The van der Waals surface area contributed by atoms with Crippen molar-refractivity contribution in [2.24, 2.45) is 16.9 Å². The van der Waals surface area contributed by atoms with Gasteiger partial charge in [-0.05, 0) is 12.8 Å². The highest BCUT2D eigenvalue weighted by Crippen LogP contribution is 2.29. The Balaban J connectivity index is 2.56. The van der Waals surface area contributed by atoms with Crippen LogP contribution in [-0.4, -0.2) is 29.9 Å². The number of piperidine rings is 1. The zero-order valence-corrected chi connectivity index (χ0v) is 7.75. The highest BCUT2D eigenvalue weighted by Gasteiger charge is 2.35. The van der Waals surface area contributed by atoms with E-state index in [9.17, 15) is 9.59 Å². The molecule has 0 atom stereocenters. The second-order valence-electron chi connectivity index (χ2n) is 3.75. The van der Waals surface area contributed by atoms with Gasteiger partial charge in [0.05, 0.1) is 0 Å². The highest BCUT2D eigenvalue weighted by atomic mass is 16.2. The van der Waals surface area contributed by atoms with Gasteiger partial charge in [0.2, 0.25) is 5.91 Å². The van der Waals surface area contributed by atoms with Crippen LogP contribution in [0.4, 0.5) is 4.79 Å². The Morgan fingerprint density at radius 1 is 1.23 bits per heavy atom. The van der Waals surface area contributed by atoms with E-state index in [1.807, 2.05) is 6.92 Å². The molecule has 1 fully saturated rings. The second-order valence-corrected chi connectivity index (χ2v) is 3.75. The Bertz CT molecular complexity index is 232. The number of carbonyl (C=O) groups excluding carboxylic acids is 2. The molecule has 1 aliphatic heterocycles. The molecule has 4 N–H and O–H groups in total. The van der Waals surface area contributed by atoms with E-state index in [0.29, 0.717) is 25.9 Å². The van der Waals surface area contributed by atoms with Crippen LogP contribution in [0.3, 0.4) is 0 Å². The standard InChI is InChI=1S/C8H15N3O2/c1-8(6(9)12)2-4-11(5-3-8)7(10)13/h2-5H2,1H3,(H2,9,12)(H2,10,13). The van der Waals surface area contributed by atoms with Gasteiger partial charge in [-0.2, -0.15) is 0 Å². The molecule has 0 bridgehead atoms. The van der Waals surface area contributed by atoms with Crippen molar-refractivity contribution in [1.82, 2.24) is 4.90 Å². The summed E-state index contributed by atoms with van der Waals surface area (Å²) in [4.78, 5) is 23.3. The average molecular weight is 185 g/mol. The van der Waals surface area contributed by atoms with Crippen molar-refractivity contribution in [2.45, 2.75) is 19.8 Å². The number of rotatable bonds is 1. The van der Waals surface area contributed by atoms with Crippen molar-refractivity contribution in [3.8, 4) is 0 Å². The minimum atomic E-state index is -0.466. The molecule has 0 aromatic heterocycles. The fraction of sp³-hybridized carbons (Fsp3) is 0.750. The second kappa shape index (κ2) is 3.24. The van der Waals surface area contributed by atoms with E-state index in [-0.39, 0.29) is 5.91 Å². The fourth-order valence-corrected chi connectivity index (χ4v) is 1.47. The molecule has 74 valence electrons. The van der Waals surface area contributed by atoms with Crippen LogP contribution >= 0.6 is 0 Å². The summed E-state index contributed by atoms with van der Waals surface area (Å²) >= 11 is 0. The molecule has 3 amide bonds. The van der Waals surface area contributed by atoms with Gasteiger partial charge in [-0.3, -0.25) is 4.79 Å². The summed E-state index contributed by atoms with van der Waals surface area (Å²) < 4.78 is 0. The molecule has 0 aromatic rings. The molecule has 1 rings (SSSR count). The smallest absolute Gasteiger partial charge is 0.314 e. The Morgan fingerprint density at radius 3 is 2.00 bits per heavy atom. The molecule has 0 radical (unpaired) electrons. The lowest BCUT2D eigenvalue weighted by molar-refractivity contribution is -0.128. The van der Waals surface area contributed by atoms with Crippen LogP contribution in [0.1, 0.15) is 19.8 Å². The van der Waals surface area contributed by atoms with E-state index in [0.717, 1.165) is 0 Å². The number of hydrogen-bond acceptors (Lipinski definition) is 2. The number of nitrogens with zero attached hydrogens (tertiary/aromatic N) is 1. The minimum Gasteiger partial charge on any atom is -0.369 e. The summed E-state index contributed by atoms with van der Waals surface area (Å²) in [5.41, 5.74) is 9.89. The molecule has 0 unspecified atom stereocenters. The summed E-state index contributed by atoms with van der Waals surface area (Å²) in [5.74, 6) is -0.295. The largest absolute Gasteiger partial charge is 0.369 e. The van der Waals surface area contributed by atoms with Gasteiger partial charge in [-0.1, -0.05) is 6.92 Å². The molecule has 0 spiro atoms. The van der Waals surface area contributed by atoms with Gasteiger partial charge in [-0.15, -0.1) is 0 Å². The van der Waals surface area contributed by atoms with Crippen LogP contribution < -0.4 is 11.5 Å². The van der Waals surface area contributed by atoms with E-state index in [4.69, 9.17) is 11.5 Å². The van der Waals surface area contributed by atoms with E-state index in [1.165, 1.54) is 4.90 Å². The molecule has 5 nitrogen and oxygen atoms in total. The Morgan fingerprint density at radius 2 is 1.69 bits per heavy atom. The van der Waals surface area contributed by atoms with E-state index in [2.05, 4.69) is 0 Å². The third-order valence-corrected chi connectivity index (χ3v) is 2.77. The van der Waals surface area contributed by atoms with Crippen molar-refractivity contribution >= 4 is 11.9 Å². The van der Waals surface area contributed by atoms with Crippen LogP contribution in [0.2, 0.25) is 0 Å². The minimum absolute atomic E-state index is 0.295. The summed E-state index contributed by atoms with van der Waals surface area (Å²) in [7, 11) is 0. The first-order chi connectivity index (χ1) is 5.96. The van der Waals surface area contributed by atoms with E-state index < -0.39 is 11.4 Å². The Labute approximate surface area is 77.1 Å². The maximum absolute atomic E-state index is 11.0. The number of hydrogen-bond donors (Lipinski definition) is 2. The summed E-state index contributed by atoms with van der Waals surface area (Å²) in [6.45, 7) is 2.87. The number of likely N-dealkylation sites (tertiary alicyclic amines) is 1. The Kier molecular flexibility index (Phi) is 2.45. The molecular weight excluding hydrogens is 170 g/mol. The third kappa shape index (κ3) is 1.91. The van der Waals surface area contributed by atoms with E-state index in [1.54, 1.807) is 0 Å². The lowest BCUT2D eigenvalue weighted by Crippen LogP contribution is -2.48. The molecule has 0 aromatic carbocycles. The quantitative estimate of drug-likeness (QED) is 0.584. The topological polar surface area (TPSA) is 89.4 Å². The molecule has 0 saturated carbocycles. The predicted octanol–water partition coefficient (Wildman–Crippen LogP) is -0.348. The molecule has 13 heavy (non-hydrogen) atoms. The number of amides is 3. The fourth-order valence-electron chi connectivity index (χ4n) is 1.47. The van der Waals surface area contributed by atoms with Crippen LogP contribution in [-0.2, 0) is 4.79 Å². The summed E-state index contributed by atoms with van der Waals surface area (Å²) in [6.07, 6.45) is 1.20. The summed E-state index contributed by atoms with van der Waals surface area (Å²) in [5, 5.41) is 0. The SMILES string of the molecule is CC1(C(N)=O)CCN(C(N)=O)CC1. The van der Waals surface area contributed by atoms with Crippen LogP contribution in [0.5, 0.6) is 0 Å². The van der Waals surface area contributed by atoms with Gasteiger partial charge < -0.3 is 16.4 Å². The van der Waals surface area contributed by atoms with Gasteiger partial charge in [0, 0.05) is 18.5 Å². The highest BCUT2D eigenvalue weighted by molar-refractivity contribution is 5.81. The van der Waals surface area contributed by atoms with Crippen LogP contribution in [0.25, 0.3) is 0 Å². The molecule has 0 aliphatic carbocycles. The zero-order chi connectivity index (χ0) is 10.1. The maximum atomic E-state index is 11.0. The number of primary amides is 2. The van der Waals surface area contributed by atoms with Gasteiger partial charge in [0.25, 0.3) is 0 Å². The first-order valence-corrected chi connectivity index (χ1v) is 4.30. The van der Waals surface area contributed by atoms with Gasteiger partial charge in [0.1, 0.15) is 0 Å². The van der Waals surface area contributed by atoms with Crippen molar-refractivity contribution in [1.29, 1.82) is 0 Å². The van der Waals surface area contributed by atoms with Gasteiger partial charge in [-0.25, -0.2) is 4.79 Å². The average Bonchev–Trinajstić information content (AvgIpc) is 2.04. The normalized spacial score (nSPS) is 21.2. The first kappa shape index (κ1) is 9.83. The third-order valence-electron chi connectivity index (χ3n) is 2.77. The maximum Gasteiger partial charge on any atom is 0.314 e. The number of nitrogens with two attached hydrogens (primary N) is 2. The monoisotopic (exact) mass is 185 g/mol. The van der Waals surface area contributed by atoms with Crippen molar-refractivity contribution in [3.63, 3.8) is 0 Å². The van der Waals surface area contributed by atoms with Gasteiger partial charge in [0.15, 0.2) is 0 Å². The molecule has 1 saturated heterocycles. The van der Waals surface area contributed by atoms with Crippen molar-refractivity contribution in [3.05, 3.63) is 0 Å². The zero-order valence-electron chi connectivity index (χ0n) is 7.75.